The molecule has 3 atom stereocenters. The van der Waals surface area contributed by atoms with Gasteiger partial charge in [0.15, 0.2) is 0 Å². The Balaban J connectivity index is 2.21. The largest absolute Gasteiger partial charge is 0.411 e. The van der Waals surface area contributed by atoms with Crippen LogP contribution in [0.4, 0.5) is 0 Å². The fraction of sp³-hybridized carbons (Fsp3) is 0.900. The Morgan fingerprint density at radius 3 is 2.85 bits per heavy atom. The quantitative estimate of drug-likeness (QED) is 0.456. The third-order valence-corrected chi connectivity index (χ3v) is 3.58. The van der Waals surface area contributed by atoms with Crippen molar-refractivity contribution in [3.8, 4) is 0 Å². The molecule has 3 heteroatoms. The smallest absolute Gasteiger partial charge is 0.0589 e. The second kappa shape index (κ2) is 3.29. The lowest BCUT2D eigenvalue weighted by Gasteiger charge is -2.38. The summed E-state index contributed by atoms with van der Waals surface area (Å²) in [4.78, 5) is 2.43. The Kier molecular flexibility index (Phi) is 2.28. The Morgan fingerprint density at radius 2 is 2.23 bits per heavy atom. The highest BCUT2D eigenvalue weighted by molar-refractivity contribution is 5.85. The number of fused-ring (bicyclic) bond motifs is 4. The lowest BCUT2D eigenvalue weighted by molar-refractivity contribution is 0.106. The zero-order valence-corrected chi connectivity index (χ0v) is 8.40. The molecule has 0 amide bonds. The lowest BCUT2D eigenvalue weighted by Crippen LogP contribution is -2.43. The van der Waals surface area contributed by atoms with Gasteiger partial charge in [-0.1, -0.05) is 12.1 Å². The van der Waals surface area contributed by atoms with Gasteiger partial charge in [0.25, 0.3) is 0 Å². The normalized spacial score (nSPS) is 43.8. The molecule has 74 valence electrons. The Morgan fingerprint density at radius 1 is 1.46 bits per heavy atom. The van der Waals surface area contributed by atoms with Crippen LogP contribution in [-0.2, 0) is 0 Å². The highest BCUT2D eigenvalue weighted by Crippen LogP contribution is 2.34. The second-order valence-electron chi connectivity index (χ2n) is 4.66. The molecule has 0 aromatic carbocycles. The number of hydrogen-bond donors (Lipinski definition) is 1. The van der Waals surface area contributed by atoms with Gasteiger partial charge in [0.2, 0.25) is 0 Å². The number of hydrogen-bond acceptors (Lipinski definition) is 3. The van der Waals surface area contributed by atoms with Gasteiger partial charge in [-0.15, -0.1) is 0 Å². The highest BCUT2D eigenvalue weighted by Gasteiger charge is 2.36. The molecule has 2 saturated heterocycles. The van der Waals surface area contributed by atoms with Crippen molar-refractivity contribution in [2.45, 2.75) is 32.2 Å². The molecule has 0 unspecified atom stereocenters. The lowest BCUT2D eigenvalue weighted by atomic mass is 9.86. The van der Waals surface area contributed by atoms with Crippen molar-refractivity contribution in [3.05, 3.63) is 0 Å². The predicted molar refractivity (Wildman–Crippen MR) is 52.1 cm³/mol. The molecule has 0 spiro atoms. The van der Waals surface area contributed by atoms with Crippen LogP contribution in [-0.4, -0.2) is 35.5 Å². The van der Waals surface area contributed by atoms with Crippen LogP contribution in [0.25, 0.3) is 0 Å². The van der Waals surface area contributed by atoms with E-state index in [0.29, 0.717) is 12.0 Å². The van der Waals surface area contributed by atoms with Crippen molar-refractivity contribution < 1.29 is 5.21 Å². The standard InChI is InChI=1S/C10H18N2O/c1-7-3-8-4-9(11-13)5-10(7)12(2)6-8/h7-8,10,13H,3-6H2,1-2H3/t7-,8+,10-/m1/s1. The van der Waals surface area contributed by atoms with Crippen molar-refractivity contribution in [2.75, 3.05) is 13.6 Å². The molecular weight excluding hydrogens is 164 g/mol. The van der Waals surface area contributed by atoms with Crippen LogP contribution in [0, 0.1) is 11.8 Å². The van der Waals surface area contributed by atoms with E-state index < -0.39 is 0 Å². The average Bonchev–Trinajstić information content (AvgIpc) is 2.32. The van der Waals surface area contributed by atoms with Gasteiger partial charge in [0.1, 0.15) is 0 Å². The molecule has 1 aliphatic carbocycles. The highest BCUT2D eigenvalue weighted by atomic mass is 16.4. The molecule has 3 aliphatic rings. The molecule has 0 aromatic heterocycles. The number of piperidine rings is 1. The molecule has 2 bridgehead atoms. The van der Waals surface area contributed by atoms with Crippen LogP contribution in [0.2, 0.25) is 0 Å². The zero-order chi connectivity index (χ0) is 9.42. The second-order valence-corrected chi connectivity index (χ2v) is 4.66. The van der Waals surface area contributed by atoms with Gasteiger partial charge in [0, 0.05) is 19.0 Å². The number of oxime groups is 1. The molecule has 1 N–H and O–H groups in total. The minimum Gasteiger partial charge on any atom is -0.411 e. The van der Waals surface area contributed by atoms with Crippen LogP contribution in [0.5, 0.6) is 0 Å². The summed E-state index contributed by atoms with van der Waals surface area (Å²) in [5, 5.41) is 12.2. The van der Waals surface area contributed by atoms with Crippen molar-refractivity contribution in [2.24, 2.45) is 17.0 Å². The van der Waals surface area contributed by atoms with E-state index in [1.54, 1.807) is 0 Å². The molecule has 0 radical (unpaired) electrons. The summed E-state index contributed by atoms with van der Waals surface area (Å²) in [6, 6.07) is 0.602. The van der Waals surface area contributed by atoms with Crippen LogP contribution >= 0.6 is 0 Å². The van der Waals surface area contributed by atoms with Gasteiger partial charge < -0.3 is 10.1 Å². The van der Waals surface area contributed by atoms with Crippen molar-refractivity contribution in [1.29, 1.82) is 0 Å². The summed E-state index contributed by atoms with van der Waals surface area (Å²) >= 11 is 0. The molecule has 0 aromatic rings. The van der Waals surface area contributed by atoms with E-state index in [9.17, 15) is 0 Å². The molecule has 3 rings (SSSR count). The zero-order valence-electron chi connectivity index (χ0n) is 8.40. The molecule has 3 nitrogen and oxygen atoms in total. The maximum atomic E-state index is 8.82. The van der Waals surface area contributed by atoms with E-state index in [1.165, 1.54) is 13.0 Å². The van der Waals surface area contributed by atoms with Crippen LogP contribution in [0.15, 0.2) is 5.16 Å². The van der Waals surface area contributed by atoms with Gasteiger partial charge >= 0.3 is 0 Å². The summed E-state index contributed by atoms with van der Waals surface area (Å²) in [6.45, 7) is 3.49. The van der Waals surface area contributed by atoms with Gasteiger partial charge in [-0.2, -0.15) is 0 Å². The van der Waals surface area contributed by atoms with Crippen molar-refractivity contribution >= 4 is 5.71 Å². The fourth-order valence-corrected chi connectivity index (χ4v) is 2.98. The maximum absolute atomic E-state index is 8.82. The predicted octanol–water partition coefficient (Wildman–Crippen LogP) is 1.57. The van der Waals surface area contributed by atoms with E-state index in [2.05, 4.69) is 24.0 Å². The fourth-order valence-electron chi connectivity index (χ4n) is 2.98. The maximum Gasteiger partial charge on any atom is 0.0589 e. The molecule has 13 heavy (non-hydrogen) atoms. The Hall–Kier alpha value is -0.570. The SMILES string of the molecule is C[C@@H]1C[C@H]2CC(=NO)C[C@H]1N(C)C2. The van der Waals surface area contributed by atoms with E-state index in [4.69, 9.17) is 5.21 Å². The summed E-state index contributed by atoms with van der Waals surface area (Å²) in [6.07, 6.45) is 3.26. The molecular formula is C10H18N2O. The van der Waals surface area contributed by atoms with Crippen molar-refractivity contribution in [3.63, 3.8) is 0 Å². The average molecular weight is 182 g/mol. The third kappa shape index (κ3) is 1.57. The number of nitrogens with zero attached hydrogens (tertiary/aromatic N) is 2. The first-order valence-corrected chi connectivity index (χ1v) is 5.10. The first kappa shape index (κ1) is 9.00. The van der Waals surface area contributed by atoms with Crippen molar-refractivity contribution in [1.82, 2.24) is 4.90 Å². The summed E-state index contributed by atoms with van der Waals surface area (Å²) in [5.74, 6) is 1.47. The minimum atomic E-state index is 0.602. The van der Waals surface area contributed by atoms with E-state index in [-0.39, 0.29) is 0 Å². The third-order valence-electron chi connectivity index (χ3n) is 3.58. The van der Waals surface area contributed by atoms with E-state index >= 15 is 0 Å². The monoisotopic (exact) mass is 182 g/mol. The summed E-state index contributed by atoms with van der Waals surface area (Å²) < 4.78 is 0. The summed E-state index contributed by atoms with van der Waals surface area (Å²) in [7, 11) is 2.19. The van der Waals surface area contributed by atoms with E-state index in [0.717, 1.165) is 24.5 Å². The Bertz CT molecular complexity index is 215. The number of rotatable bonds is 0. The van der Waals surface area contributed by atoms with Crippen LogP contribution < -0.4 is 0 Å². The van der Waals surface area contributed by atoms with Crippen LogP contribution in [0.1, 0.15) is 26.2 Å². The first-order chi connectivity index (χ1) is 6.20. The van der Waals surface area contributed by atoms with Crippen LogP contribution in [0.3, 0.4) is 0 Å². The first-order valence-electron chi connectivity index (χ1n) is 5.10. The van der Waals surface area contributed by atoms with Gasteiger partial charge in [-0.3, -0.25) is 0 Å². The topological polar surface area (TPSA) is 35.8 Å². The van der Waals surface area contributed by atoms with Gasteiger partial charge in [-0.05, 0) is 31.7 Å². The van der Waals surface area contributed by atoms with Gasteiger partial charge in [0.05, 0.1) is 5.71 Å². The van der Waals surface area contributed by atoms with Gasteiger partial charge in [-0.25, -0.2) is 0 Å². The molecule has 1 saturated carbocycles. The Labute approximate surface area is 79.4 Å². The molecule has 2 heterocycles. The summed E-state index contributed by atoms with van der Waals surface area (Å²) in [5.41, 5.74) is 1.00. The molecule has 3 fully saturated rings. The minimum absolute atomic E-state index is 0.602. The molecule has 2 aliphatic heterocycles. The van der Waals surface area contributed by atoms with E-state index in [1.807, 2.05) is 0 Å².